The van der Waals surface area contributed by atoms with Crippen molar-refractivity contribution in [2.24, 2.45) is 5.92 Å². The number of carbonyl (C=O) groups excluding carboxylic acids is 2. The van der Waals surface area contributed by atoms with Gasteiger partial charge in [0.2, 0.25) is 5.91 Å². The van der Waals surface area contributed by atoms with Crippen molar-refractivity contribution in [3.63, 3.8) is 0 Å². The molecule has 2 aromatic rings. The topological polar surface area (TPSA) is 95.9 Å². The zero-order chi connectivity index (χ0) is 23.3. The Morgan fingerprint density at radius 2 is 1.62 bits per heavy atom. The van der Waals surface area contributed by atoms with Crippen molar-refractivity contribution in [2.75, 3.05) is 20.2 Å². The maximum absolute atomic E-state index is 12.7. The number of likely N-dealkylation sites (N-methyl/N-ethyl adjacent to an activating group) is 1. The number of amides is 2. The summed E-state index contributed by atoms with van der Waals surface area (Å²) in [7, 11) is 1.47. The molecule has 0 saturated carbocycles. The number of nitrogens with one attached hydrogen (secondary N) is 1. The molecule has 32 heavy (non-hydrogen) atoms. The van der Waals surface area contributed by atoms with E-state index in [1.807, 2.05) is 31.2 Å². The quantitative estimate of drug-likeness (QED) is 0.620. The van der Waals surface area contributed by atoms with Gasteiger partial charge in [-0.2, -0.15) is 0 Å². The molecule has 1 aliphatic carbocycles. The number of carboxylic acids is 1. The molecule has 0 fully saturated rings. The minimum atomic E-state index is -1.07. The van der Waals surface area contributed by atoms with Crippen LogP contribution < -0.4 is 5.32 Å². The minimum absolute atomic E-state index is 0.0382. The van der Waals surface area contributed by atoms with Gasteiger partial charge in [-0.3, -0.25) is 4.79 Å². The maximum atomic E-state index is 12.7. The summed E-state index contributed by atoms with van der Waals surface area (Å²) in [6.45, 7) is 3.69. The van der Waals surface area contributed by atoms with Gasteiger partial charge in [0.1, 0.15) is 12.6 Å². The number of nitrogens with zero attached hydrogens (tertiary/aromatic N) is 1. The molecule has 3 rings (SSSR count). The normalized spacial score (nSPS) is 14.1. The van der Waals surface area contributed by atoms with Gasteiger partial charge in [0.25, 0.3) is 0 Å². The second-order valence-corrected chi connectivity index (χ2v) is 8.16. The molecule has 0 bridgehead atoms. The van der Waals surface area contributed by atoms with Crippen LogP contribution in [0.2, 0.25) is 0 Å². The van der Waals surface area contributed by atoms with E-state index < -0.39 is 24.0 Å². The predicted octanol–water partition coefficient (Wildman–Crippen LogP) is 3.87. The third-order valence-corrected chi connectivity index (χ3v) is 6.11. The third kappa shape index (κ3) is 4.93. The molecule has 0 saturated heterocycles. The van der Waals surface area contributed by atoms with Crippen LogP contribution in [0.25, 0.3) is 11.1 Å². The molecule has 7 heteroatoms. The molecule has 0 heterocycles. The summed E-state index contributed by atoms with van der Waals surface area (Å²) in [5, 5.41) is 11.8. The molecule has 1 aliphatic rings. The number of carboxylic acid groups (broad SMARTS) is 1. The first-order chi connectivity index (χ1) is 15.3. The number of aliphatic carboxylic acids is 1. The summed E-state index contributed by atoms with van der Waals surface area (Å²) in [5.74, 6) is -1.92. The maximum Gasteiger partial charge on any atom is 0.407 e. The second kappa shape index (κ2) is 10.3. The van der Waals surface area contributed by atoms with Crippen LogP contribution in [0.3, 0.4) is 0 Å². The Kier molecular flexibility index (Phi) is 7.51. The van der Waals surface area contributed by atoms with E-state index in [0.717, 1.165) is 28.7 Å². The average Bonchev–Trinajstić information content (AvgIpc) is 3.12. The molecule has 7 nitrogen and oxygen atoms in total. The number of rotatable bonds is 9. The van der Waals surface area contributed by atoms with Crippen molar-refractivity contribution in [2.45, 2.75) is 38.6 Å². The van der Waals surface area contributed by atoms with Crippen LogP contribution in [0.15, 0.2) is 48.5 Å². The Labute approximate surface area is 188 Å². The molecule has 2 amide bonds. The van der Waals surface area contributed by atoms with Gasteiger partial charge in [-0.05, 0) is 35.6 Å². The monoisotopic (exact) mass is 438 g/mol. The Morgan fingerprint density at radius 3 is 2.16 bits per heavy atom. The molecule has 0 aliphatic heterocycles. The fraction of sp³-hybridized carbons (Fsp3) is 0.400. The molecular weight excluding hydrogens is 408 g/mol. The van der Waals surface area contributed by atoms with Crippen molar-refractivity contribution in [1.29, 1.82) is 0 Å². The van der Waals surface area contributed by atoms with Crippen LogP contribution in [0.1, 0.15) is 43.7 Å². The molecule has 0 radical (unpaired) electrons. The van der Waals surface area contributed by atoms with Gasteiger partial charge < -0.3 is 20.1 Å². The lowest BCUT2D eigenvalue weighted by molar-refractivity contribution is -0.149. The van der Waals surface area contributed by atoms with Gasteiger partial charge in [-0.15, -0.1) is 0 Å². The largest absolute Gasteiger partial charge is 0.480 e. The fourth-order valence-electron chi connectivity index (χ4n) is 4.16. The molecule has 0 spiro atoms. The van der Waals surface area contributed by atoms with Gasteiger partial charge in [0.15, 0.2) is 0 Å². The fourth-order valence-corrected chi connectivity index (χ4v) is 4.16. The number of hydrogen-bond donors (Lipinski definition) is 2. The van der Waals surface area contributed by atoms with Gasteiger partial charge in [-0.1, -0.05) is 61.9 Å². The van der Waals surface area contributed by atoms with Gasteiger partial charge in [-0.25, -0.2) is 9.59 Å². The molecule has 2 aromatic carbocycles. The lowest BCUT2D eigenvalue weighted by Gasteiger charge is -2.26. The standard InChI is InChI=1S/C25H30N2O5/c1-4-9-17(23(28)27(3)16(2)24(29)30)14-26-25(31)32-15-22-20-12-7-5-10-18(20)19-11-6-8-13-21(19)22/h5-8,10-13,16-17,22H,4,9,14-15H2,1-3H3,(H,26,31)(H,29,30)/t16-,17?/m0/s1. The highest BCUT2D eigenvalue weighted by molar-refractivity contribution is 5.85. The SMILES string of the molecule is CCCC(CNC(=O)OCC1c2ccccc2-c2ccccc21)C(=O)N(C)[C@@H](C)C(=O)O. The van der Waals surface area contributed by atoms with E-state index in [0.29, 0.717) is 6.42 Å². The van der Waals surface area contributed by atoms with E-state index >= 15 is 0 Å². The van der Waals surface area contributed by atoms with Crippen molar-refractivity contribution < 1.29 is 24.2 Å². The summed E-state index contributed by atoms with van der Waals surface area (Å²) in [6.07, 6.45) is 0.687. The van der Waals surface area contributed by atoms with Crippen molar-refractivity contribution >= 4 is 18.0 Å². The number of benzene rings is 2. The van der Waals surface area contributed by atoms with Crippen LogP contribution in [0, 0.1) is 5.92 Å². The van der Waals surface area contributed by atoms with E-state index in [9.17, 15) is 14.4 Å². The van der Waals surface area contributed by atoms with Crippen LogP contribution >= 0.6 is 0 Å². The van der Waals surface area contributed by atoms with Crippen molar-refractivity contribution in [3.8, 4) is 11.1 Å². The summed E-state index contributed by atoms with van der Waals surface area (Å²) in [5.41, 5.74) is 4.57. The van der Waals surface area contributed by atoms with E-state index in [4.69, 9.17) is 9.84 Å². The average molecular weight is 439 g/mol. The highest BCUT2D eigenvalue weighted by Crippen LogP contribution is 2.44. The number of hydrogen-bond acceptors (Lipinski definition) is 4. The highest BCUT2D eigenvalue weighted by Gasteiger charge is 2.30. The number of alkyl carbamates (subject to hydrolysis) is 1. The lowest BCUT2D eigenvalue weighted by atomic mass is 9.98. The smallest absolute Gasteiger partial charge is 0.407 e. The number of fused-ring (bicyclic) bond motifs is 3. The molecule has 1 unspecified atom stereocenters. The first kappa shape index (κ1) is 23.3. The van der Waals surface area contributed by atoms with E-state index in [-0.39, 0.29) is 25.0 Å². The van der Waals surface area contributed by atoms with E-state index in [1.165, 1.54) is 18.9 Å². The Morgan fingerprint density at radius 1 is 1.06 bits per heavy atom. The Balaban J connectivity index is 1.60. The summed E-state index contributed by atoms with van der Waals surface area (Å²) >= 11 is 0. The number of ether oxygens (including phenoxy) is 1. The van der Waals surface area contributed by atoms with Gasteiger partial charge in [0.05, 0.1) is 5.92 Å². The Hall–Kier alpha value is -3.35. The predicted molar refractivity (Wildman–Crippen MR) is 121 cm³/mol. The molecule has 0 aromatic heterocycles. The van der Waals surface area contributed by atoms with E-state index in [1.54, 1.807) is 0 Å². The molecular formula is C25H30N2O5. The van der Waals surface area contributed by atoms with E-state index in [2.05, 4.69) is 29.6 Å². The van der Waals surface area contributed by atoms with Gasteiger partial charge in [0, 0.05) is 19.5 Å². The first-order valence-electron chi connectivity index (χ1n) is 10.9. The van der Waals surface area contributed by atoms with Crippen molar-refractivity contribution in [1.82, 2.24) is 10.2 Å². The second-order valence-electron chi connectivity index (χ2n) is 8.16. The van der Waals surface area contributed by atoms with Gasteiger partial charge >= 0.3 is 12.1 Å². The number of carbonyl (C=O) groups is 3. The Bertz CT molecular complexity index is 944. The van der Waals surface area contributed by atoms with Crippen LogP contribution in [-0.4, -0.2) is 54.2 Å². The highest BCUT2D eigenvalue weighted by atomic mass is 16.5. The van der Waals surface area contributed by atoms with Crippen LogP contribution in [0.5, 0.6) is 0 Å². The zero-order valence-electron chi connectivity index (χ0n) is 18.7. The molecule has 2 N–H and O–H groups in total. The lowest BCUT2D eigenvalue weighted by Crippen LogP contribution is -2.46. The summed E-state index contributed by atoms with van der Waals surface area (Å²) in [4.78, 5) is 37.5. The zero-order valence-corrected chi connectivity index (χ0v) is 18.7. The third-order valence-electron chi connectivity index (χ3n) is 6.11. The summed E-state index contributed by atoms with van der Waals surface area (Å²) in [6, 6.07) is 15.3. The van der Waals surface area contributed by atoms with Crippen molar-refractivity contribution in [3.05, 3.63) is 59.7 Å². The minimum Gasteiger partial charge on any atom is -0.480 e. The molecule has 2 atom stereocenters. The summed E-state index contributed by atoms with van der Waals surface area (Å²) < 4.78 is 5.53. The van der Waals surface area contributed by atoms with Crippen LogP contribution in [0.4, 0.5) is 4.79 Å². The first-order valence-corrected chi connectivity index (χ1v) is 10.9. The van der Waals surface area contributed by atoms with Crippen LogP contribution in [-0.2, 0) is 14.3 Å². The molecule has 170 valence electrons.